The van der Waals surface area contributed by atoms with Crippen LogP contribution in [-0.4, -0.2) is 59.2 Å². The first kappa shape index (κ1) is 27.7. The molecule has 2 N–H and O–H groups in total. The molecule has 226 valence electrons. The Morgan fingerprint density at radius 3 is 2.77 bits per heavy atom. The van der Waals surface area contributed by atoms with E-state index < -0.39 is 5.41 Å². The largest absolute Gasteiger partial charge is 0.389 e. The first-order chi connectivity index (χ1) is 21.3. The van der Waals surface area contributed by atoms with Crippen molar-refractivity contribution in [2.75, 3.05) is 19.3 Å². The summed E-state index contributed by atoms with van der Waals surface area (Å²) in [5.41, 5.74) is 10.6. The zero-order valence-electron chi connectivity index (χ0n) is 25.0. The number of anilines is 1. The van der Waals surface area contributed by atoms with Crippen molar-refractivity contribution in [2.24, 2.45) is 0 Å². The number of halogens is 1. The Hall–Kier alpha value is -3.79. The van der Waals surface area contributed by atoms with Crippen molar-refractivity contribution in [3.05, 3.63) is 50.4 Å². The predicted octanol–water partition coefficient (Wildman–Crippen LogP) is 5.76. The number of likely N-dealkylation sites (N-methyl/N-ethyl adjacent to an activating group) is 1. The lowest BCUT2D eigenvalue weighted by molar-refractivity contribution is 0.232. The number of nitrogens with two attached hydrogens (primary N) is 1. The highest BCUT2D eigenvalue weighted by atomic mass is 35.5. The number of aromatic nitrogens is 7. The van der Waals surface area contributed by atoms with Gasteiger partial charge in [0, 0.05) is 16.5 Å². The molecule has 2 aliphatic carbocycles. The Labute approximate surface area is 263 Å². The quantitative estimate of drug-likeness (QED) is 0.263. The van der Waals surface area contributed by atoms with Crippen molar-refractivity contribution in [3.8, 4) is 23.4 Å². The van der Waals surface area contributed by atoms with Crippen LogP contribution in [0.4, 0.5) is 5.00 Å². The number of likely N-dealkylation sites (tertiary alicyclic amines) is 1. The molecule has 3 unspecified atom stereocenters. The van der Waals surface area contributed by atoms with Crippen LogP contribution in [0, 0.1) is 18.3 Å². The van der Waals surface area contributed by atoms with Crippen LogP contribution >= 0.6 is 22.9 Å². The fourth-order valence-electron chi connectivity index (χ4n) is 7.96. The second-order valence-corrected chi connectivity index (χ2v) is 14.1. The van der Waals surface area contributed by atoms with Gasteiger partial charge in [0.25, 0.3) is 0 Å². The third-order valence-electron chi connectivity index (χ3n) is 10.1. The highest BCUT2D eigenvalue weighted by molar-refractivity contribution is 7.16. The van der Waals surface area contributed by atoms with Gasteiger partial charge in [0.05, 0.1) is 45.5 Å². The van der Waals surface area contributed by atoms with Crippen molar-refractivity contribution in [1.82, 2.24) is 39.6 Å². The monoisotopic (exact) mass is 628 g/mol. The smallest absolute Gasteiger partial charge is 0.186 e. The molecule has 0 saturated carbocycles. The van der Waals surface area contributed by atoms with Gasteiger partial charge in [-0.1, -0.05) is 16.8 Å². The van der Waals surface area contributed by atoms with Crippen LogP contribution in [0.15, 0.2) is 16.9 Å². The van der Waals surface area contributed by atoms with Crippen molar-refractivity contribution in [2.45, 2.75) is 82.7 Å². The van der Waals surface area contributed by atoms with Crippen LogP contribution in [0.2, 0.25) is 5.02 Å². The zero-order chi connectivity index (χ0) is 30.3. The lowest BCUT2D eigenvalue weighted by Gasteiger charge is -2.39. The van der Waals surface area contributed by atoms with Crippen LogP contribution in [0.25, 0.3) is 28.4 Å². The number of nitrogen functional groups attached to an aromatic ring is 1. The molecule has 0 aromatic carbocycles. The molecule has 3 aliphatic rings. The lowest BCUT2D eigenvalue weighted by Crippen LogP contribution is -2.35. The second-order valence-electron chi connectivity index (χ2n) is 12.5. The Morgan fingerprint density at radius 1 is 1.23 bits per heavy atom. The van der Waals surface area contributed by atoms with E-state index in [9.17, 15) is 5.26 Å². The van der Waals surface area contributed by atoms with E-state index in [2.05, 4.69) is 35.2 Å². The second kappa shape index (κ2) is 10.1. The molecule has 0 bridgehead atoms. The van der Waals surface area contributed by atoms with Crippen LogP contribution < -0.4 is 5.73 Å². The third-order valence-corrected chi connectivity index (χ3v) is 11.5. The van der Waals surface area contributed by atoms with Crippen LogP contribution in [0.5, 0.6) is 0 Å². The van der Waals surface area contributed by atoms with Gasteiger partial charge in [-0.3, -0.25) is 0 Å². The van der Waals surface area contributed by atoms with Crippen LogP contribution in [0.3, 0.4) is 0 Å². The van der Waals surface area contributed by atoms with E-state index in [0.29, 0.717) is 44.7 Å². The summed E-state index contributed by atoms with van der Waals surface area (Å²) >= 11 is 8.00. The Kier molecular flexibility index (Phi) is 6.38. The van der Waals surface area contributed by atoms with Gasteiger partial charge in [0.2, 0.25) is 0 Å². The molecule has 3 atom stereocenters. The van der Waals surface area contributed by atoms with E-state index in [1.165, 1.54) is 11.3 Å². The van der Waals surface area contributed by atoms with Crippen molar-refractivity contribution in [1.29, 1.82) is 5.26 Å². The molecule has 0 amide bonds. The number of hydrogen-bond acceptors (Lipinski definition) is 10. The summed E-state index contributed by atoms with van der Waals surface area (Å²) in [7, 11) is 2.17. The van der Waals surface area contributed by atoms with Crippen molar-refractivity contribution >= 4 is 39.0 Å². The summed E-state index contributed by atoms with van der Waals surface area (Å²) in [5, 5.41) is 26.2. The van der Waals surface area contributed by atoms with E-state index in [1.807, 2.05) is 17.8 Å². The SMILES string of the molecule is Cc1nn(-c2nc(-c3noc4c3CCCC43CCCc4sc(N)c(C#N)c43)nc3c2cnn3C(C)C2CCCN2C)cc1Cl. The number of hydrogen-bond donors (Lipinski definition) is 1. The summed E-state index contributed by atoms with van der Waals surface area (Å²) < 4.78 is 10.0. The molecule has 0 radical (unpaired) electrons. The van der Waals surface area contributed by atoms with Crippen LogP contribution in [0.1, 0.15) is 84.5 Å². The number of rotatable bonds is 4. The Bertz CT molecular complexity index is 1960. The Morgan fingerprint density at radius 2 is 2.05 bits per heavy atom. The first-order valence-electron chi connectivity index (χ1n) is 15.3. The minimum atomic E-state index is -0.422. The highest BCUT2D eigenvalue weighted by Gasteiger charge is 2.49. The molecule has 13 heteroatoms. The Balaban J connectivity index is 1.32. The molecule has 1 fully saturated rings. The average Bonchev–Trinajstić information content (AvgIpc) is 3.84. The molecule has 5 aromatic rings. The van der Waals surface area contributed by atoms with Gasteiger partial charge in [-0.05, 0) is 84.4 Å². The standard InChI is InChI=1S/C31H33ClN10OS/c1-16-21(32)15-41(38-16)29-20-14-35-42(17(2)22-8-6-12-40(22)3)30(20)37-28(36-29)25-18-7-4-10-31(26(18)43-39-25)11-5-9-23-24(31)19(13-33)27(34)44-23/h14-15,17,22H,4-12,34H2,1-3H3. The molecular weight excluding hydrogens is 596 g/mol. The van der Waals surface area contributed by atoms with E-state index in [4.69, 9.17) is 36.9 Å². The van der Waals surface area contributed by atoms with Crippen molar-refractivity contribution in [3.63, 3.8) is 0 Å². The van der Waals surface area contributed by atoms with E-state index in [1.54, 1.807) is 22.2 Å². The number of fused-ring (bicyclic) bond motifs is 5. The van der Waals surface area contributed by atoms with Gasteiger partial charge < -0.3 is 15.2 Å². The molecule has 1 aliphatic heterocycles. The molecule has 44 heavy (non-hydrogen) atoms. The summed E-state index contributed by atoms with van der Waals surface area (Å²) in [6, 6.07) is 2.86. The fourth-order valence-corrected chi connectivity index (χ4v) is 9.25. The summed E-state index contributed by atoms with van der Waals surface area (Å²) in [5.74, 6) is 1.89. The number of aryl methyl sites for hydroxylation is 2. The predicted molar refractivity (Wildman–Crippen MR) is 168 cm³/mol. The molecule has 6 heterocycles. The van der Waals surface area contributed by atoms with Gasteiger partial charge in [-0.2, -0.15) is 15.5 Å². The molecule has 5 aromatic heterocycles. The van der Waals surface area contributed by atoms with Crippen LogP contribution in [-0.2, 0) is 18.3 Å². The molecule has 8 rings (SSSR count). The number of nitrogens with zero attached hydrogens (tertiary/aromatic N) is 9. The summed E-state index contributed by atoms with van der Waals surface area (Å²) in [6.45, 7) is 5.15. The summed E-state index contributed by atoms with van der Waals surface area (Å²) in [4.78, 5) is 13.8. The maximum absolute atomic E-state index is 10.1. The van der Waals surface area contributed by atoms with E-state index in [-0.39, 0.29) is 6.04 Å². The minimum Gasteiger partial charge on any atom is -0.389 e. The lowest BCUT2D eigenvalue weighted by atomic mass is 9.63. The zero-order valence-corrected chi connectivity index (χ0v) is 26.5. The topological polar surface area (TPSA) is 141 Å². The van der Waals surface area contributed by atoms with Gasteiger partial charge in [0.1, 0.15) is 11.1 Å². The third kappa shape index (κ3) is 3.92. The maximum Gasteiger partial charge on any atom is 0.186 e. The van der Waals surface area contributed by atoms with Gasteiger partial charge in [-0.15, -0.1) is 11.3 Å². The normalized spacial score (nSPS) is 22.4. The average molecular weight is 629 g/mol. The first-order valence-corrected chi connectivity index (χ1v) is 16.5. The number of nitriles is 1. The van der Waals surface area contributed by atoms with Gasteiger partial charge in [-0.25, -0.2) is 19.3 Å². The van der Waals surface area contributed by atoms with Crippen molar-refractivity contribution < 1.29 is 4.52 Å². The molecular formula is C31H33ClN10OS. The maximum atomic E-state index is 10.1. The highest BCUT2D eigenvalue weighted by Crippen LogP contribution is 2.55. The summed E-state index contributed by atoms with van der Waals surface area (Å²) in [6.07, 6.45) is 11.3. The number of thiophene rings is 1. The fraction of sp³-hybridized carbons (Fsp3) is 0.484. The van der Waals surface area contributed by atoms with E-state index in [0.717, 1.165) is 79.4 Å². The van der Waals surface area contributed by atoms with Gasteiger partial charge >= 0.3 is 0 Å². The van der Waals surface area contributed by atoms with E-state index >= 15 is 0 Å². The van der Waals surface area contributed by atoms with Gasteiger partial charge in [0.15, 0.2) is 28.7 Å². The molecule has 1 spiro atoms. The molecule has 11 nitrogen and oxygen atoms in total. The minimum absolute atomic E-state index is 0.0992. The molecule has 1 saturated heterocycles.